The van der Waals surface area contributed by atoms with Crippen LogP contribution < -0.4 is 10.6 Å². The smallest absolute Gasteiger partial charge is 0.251 e. The number of nitrogens with one attached hydrogen (secondary N) is 2. The number of carbonyl (C=O) groups excluding carboxylic acids is 2. The van der Waals surface area contributed by atoms with Crippen LogP contribution in [-0.4, -0.2) is 32.3 Å². The van der Waals surface area contributed by atoms with Crippen LogP contribution in [0.15, 0.2) is 47.6 Å². The Labute approximate surface area is 186 Å². The van der Waals surface area contributed by atoms with Crippen molar-refractivity contribution in [2.45, 2.75) is 38.9 Å². The van der Waals surface area contributed by atoms with E-state index in [0.717, 1.165) is 16.8 Å². The van der Waals surface area contributed by atoms with E-state index in [9.17, 15) is 9.59 Å². The number of anilines is 1. The Bertz CT molecular complexity index is 1090. The highest BCUT2D eigenvalue weighted by atomic mass is 32.2. The van der Waals surface area contributed by atoms with E-state index in [1.165, 1.54) is 17.3 Å². The molecule has 0 fully saturated rings. The van der Waals surface area contributed by atoms with Gasteiger partial charge < -0.3 is 15.2 Å². The molecule has 0 bridgehead atoms. The van der Waals surface area contributed by atoms with Gasteiger partial charge in [0.1, 0.15) is 0 Å². The predicted octanol–water partition coefficient (Wildman–Crippen LogP) is 3.96. The molecule has 0 spiro atoms. The molecule has 0 aliphatic carbocycles. The third kappa shape index (κ3) is 5.73. The fourth-order valence-electron chi connectivity index (χ4n) is 3.02. The molecule has 0 unspecified atom stereocenters. The number of benzene rings is 2. The van der Waals surface area contributed by atoms with Crippen molar-refractivity contribution in [3.8, 4) is 0 Å². The summed E-state index contributed by atoms with van der Waals surface area (Å²) in [6.45, 7) is 7.88. The molecule has 2 N–H and O–H groups in total. The van der Waals surface area contributed by atoms with E-state index in [1.54, 1.807) is 16.7 Å². The number of aryl methyl sites for hydroxylation is 3. The molecule has 1 atom stereocenters. The molecule has 0 aliphatic heterocycles. The molecule has 0 saturated heterocycles. The Kier molecular flexibility index (Phi) is 7.12. The van der Waals surface area contributed by atoms with E-state index in [4.69, 9.17) is 0 Å². The van der Waals surface area contributed by atoms with Crippen molar-refractivity contribution in [2.75, 3.05) is 11.1 Å². The van der Waals surface area contributed by atoms with Crippen LogP contribution in [0, 0.1) is 20.8 Å². The lowest BCUT2D eigenvalue weighted by Gasteiger charge is -2.14. The van der Waals surface area contributed by atoms with Crippen LogP contribution in [-0.2, 0) is 11.8 Å². The minimum atomic E-state index is -0.329. The number of rotatable bonds is 7. The fraction of sp³-hybridized carbons (Fsp3) is 0.304. The molecule has 162 valence electrons. The van der Waals surface area contributed by atoms with E-state index >= 15 is 0 Å². The van der Waals surface area contributed by atoms with E-state index in [0.29, 0.717) is 16.5 Å². The topological polar surface area (TPSA) is 88.9 Å². The van der Waals surface area contributed by atoms with Gasteiger partial charge in [-0.05, 0) is 63.1 Å². The maximum absolute atomic E-state index is 12.5. The average molecular weight is 438 g/mol. The molecule has 0 radical (unpaired) electrons. The zero-order chi connectivity index (χ0) is 22.5. The summed E-state index contributed by atoms with van der Waals surface area (Å²) in [5.74, 6) is 0.553. The summed E-state index contributed by atoms with van der Waals surface area (Å²) in [5, 5.41) is 14.8. The van der Waals surface area contributed by atoms with Crippen molar-refractivity contribution in [3.05, 3.63) is 70.5 Å². The van der Waals surface area contributed by atoms with Gasteiger partial charge in [0.15, 0.2) is 11.0 Å². The number of carbonyl (C=O) groups is 2. The zero-order valence-electron chi connectivity index (χ0n) is 18.4. The lowest BCUT2D eigenvalue weighted by Crippen LogP contribution is -2.28. The van der Waals surface area contributed by atoms with Crippen LogP contribution in [0.1, 0.15) is 45.8 Å². The molecular formula is C23H27N5O2S. The molecule has 7 nitrogen and oxygen atoms in total. The highest BCUT2D eigenvalue weighted by Gasteiger charge is 2.19. The third-order valence-corrected chi connectivity index (χ3v) is 6.06. The van der Waals surface area contributed by atoms with Crippen LogP contribution in [0.3, 0.4) is 0 Å². The number of hydrogen-bond acceptors (Lipinski definition) is 5. The Hall–Kier alpha value is -3.13. The van der Waals surface area contributed by atoms with E-state index in [1.807, 2.05) is 65.1 Å². The van der Waals surface area contributed by atoms with Crippen molar-refractivity contribution >= 4 is 29.3 Å². The average Bonchev–Trinajstić information content (AvgIpc) is 3.10. The third-order valence-electron chi connectivity index (χ3n) is 5.04. The molecule has 2 aromatic carbocycles. The van der Waals surface area contributed by atoms with Crippen molar-refractivity contribution in [3.63, 3.8) is 0 Å². The fourth-order valence-corrected chi connectivity index (χ4v) is 3.74. The normalized spacial score (nSPS) is 11.8. The van der Waals surface area contributed by atoms with Gasteiger partial charge in [0, 0.05) is 18.3 Å². The minimum Gasteiger partial charge on any atom is -0.342 e. The highest BCUT2D eigenvalue weighted by Crippen LogP contribution is 2.20. The number of hydrogen-bond donors (Lipinski definition) is 2. The first-order chi connectivity index (χ1) is 14.7. The Morgan fingerprint density at radius 2 is 1.74 bits per heavy atom. The first kappa shape index (κ1) is 22.6. The summed E-state index contributed by atoms with van der Waals surface area (Å²) in [6.07, 6.45) is 0. The van der Waals surface area contributed by atoms with Crippen LogP contribution >= 0.6 is 11.8 Å². The minimum absolute atomic E-state index is 0.112. The first-order valence-electron chi connectivity index (χ1n) is 10.0. The van der Waals surface area contributed by atoms with Crippen molar-refractivity contribution in [2.24, 2.45) is 7.05 Å². The Morgan fingerprint density at radius 1 is 1.03 bits per heavy atom. The second-order valence-electron chi connectivity index (χ2n) is 7.60. The molecule has 1 heterocycles. The van der Waals surface area contributed by atoms with Crippen LogP contribution in [0.5, 0.6) is 0 Å². The van der Waals surface area contributed by atoms with Crippen molar-refractivity contribution in [1.82, 2.24) is 20.1 Å². The molecule has 31 heavy (non-hydrogen) atoms. The zero-order valence-corrected chi connectivity index (χ0v) is 19.2. The number of thioether (sulfide) groups is 1. The van der Waals surface area contributed by atoms with Gasteiger partial charge in [-0.3, -0.25) is 9.59 Å². The quantitative estimate of drug-likeness (QED) is 0.546. The van der Waals surface area contributed by atoms with Crippen LogP contribution in [0.4, 0.5) is 5.69 Å². The molecule has 0 aliphatic rings. The summed E-state index contributed by atoms with van der Waals surface area (Å²) in [6, 6.07) is 12.9. The van der Waals surface area contributed by atoms with Crippen LogP contribution in [0.25, 0.3) is 0 Å². The molecular weight excluding hydrogens is 410 g/mol. The van der Waals surface area contributed by atoms with Gasteiger partial charge in [0.25, 0.3) is 5.91 Å². The first-order valence-corrected chi connectivity index (χ1v) is 11.0. The van der Waals surface area contributed by atoms with Gasteiger partial charge in [-0.2, -0.15) is 0 Å². The predicted molar refractivity (Wildman–Crippen MR) is 123 cm³/mol. The van der Waals surface area contributed by atoms with E-state index in [2.05, 4.69) is 20.8 Å². The van der Waals surface area contributed by atoms with Crippen LogP contribution in [0.2, 0.25) is 0 Å². The molecule has 8 heteroatoms. The lowest BCUT2D eigenvalue weighted by atomic mass is 10.1. The number of nitrogens with zero attached hydrogens (tertiary/aromatic N) is 3. The molecule has 3 aromatic rings. The summed E-state index contributed by atoms with van der Waals surface area (Å²) in [4.78, 5) is 24.8. The summed E-state index contributed by atoms with van der Waals surface area (Å²) >= 11 is 1.30. The monoisotopic (exact) mass is 437 g/mol. The SMILES string of the molecule is Cc1ccc(C(=O)N[C@H](C)c2nnc(SCC(=O)Nc3ccc(C)c(C)c3)n2C)cc1. The summed E-state index contributed by atoms with van der Waals surface area (Å²) < 4.78 is 1.80. The highest BCUT2D eigenvalue weighted by molar-refractivity contribution is 7.99. The molecule has 2 amide bonds. The van der Waals surface area contributed by atoms with Gasteiger partial charge in [-0.1, -0.05) is 35.5 Å². The molecule has 3 rings (SSSR count). The van der Waals surface area contributed by atoms with Gasteiger partial charge in [-0.15, -0.1) is 10.2 Å². The van der Waals surface area contributed by atoms with Gasteiger partial charge in [-0.25, -0.2) is 0 Å². The maximum atomic E-state index is 12.5. The van der Waals surface area contributed by atoms with Crippen molar-refractivity contribution in [1.29, 1.82) is 0 Å². The van der Waals surface area contributed by atoms with Gasteiger partial charge in [0.05, 0.1) is 11.8 Å². The second kappa shape index (κ2) is 9.78. The Morgan fingerprint density at radius 3 is 2.42 bits per heavy atom. The van der Waals surface area contributed by atoms with Crippen molar-refractivity contribution < 1.29 is 9.59 Å². The molecule has 1 aromatic heterocycles. The van der Waals surface area contributed by atoms with E-state index in [-0.39, 0.29) is 23.6 Å². The Balaban J connectivity index is 1.57. The second-order valence-corrected chi connectivity index (χ2v) is 8.54. The van der Waals surface area contributed by atoms with Gasteiger partial charge in [0.2, 0.25) is 5.91 Å². The van der Waals surface area contributed by atoms with Gasteiger partial charge >= 0.3 is 0 Å². The summed E-state index contributed by atoms with van der Waals surface area (Å²) in [7, 11) is 1.83. The van der Waals surface area contributed by atoms with E-state index < -0.39 is 0 Å². The standard InChI is InChI=1S/C23H27N5O2S/c1-14-6-9-18(10-7-14)22(30)24-17(4)21-26-27-23(28(21)5)31-13-20(29)25-19-11-8-15(2)16(3)12-19/h6-12,17H,13H2,1-5H3,(H,24,30)(H,25,29)/t17-/m1/s1. The molecule has 0 saturated carbocycles. The number of aromatic nitrogens is 3. The largest absolute Gasteiger partial charge is 0.342 e. The maximum Gasteiger partial charge on any atom is 0.251 e. The summed E-state index contributed by atoms with van der Waals surface area (Å²) in [5.41, 5.74) is 4.78. The number of amides is 2. The lowest BCUT2D eigenvalue weighted by molar-refractivity contribution is -0.113.